The van der Waals surface area contributed by atoms with Gasteiger partial charge in [0.15, 0.2) is 5.69 Å². The first-order valence-electron chi connectivity index (χ1n) is 10.4. The van der Waals surface area contributed by atoms with Crippen LogP contribution in [0.15, 0.2) is 35.5 Å². The number of ether oxygens (including phenoxy) is 2. The number of terminal acetylenes is 1. The van der Waals surface area contributed by atoms with Crippen LogP contribution in [-0.2, 0) is 9.47 Å². The fourth-order valence-corrected chi connectivity index (χ4v) is 5.16. The van der Waals surface area contributed by atoms with Gasteiger partial charge in [0.1, 0.15) is 58.2 Å². The van der Waals surface area contributed by atoms with Crippen LogP contribution in [0.4, 0.5) is 8.78 Å². The highest BCUT2D eigenvalue weighted by molar-refractivity contribution is 7.99. The fraction of sp³-hybridized carbons (Fsp3) is 0.304. The second-order valence-corrected chi connectivity index (χ2v) is 9.21. The van der Waals surface area contributed by atoms with Gasteiger partial charge in [-0.05, 0) is 18.2 Å². The summed E-state index contributed by atoms with van der Waals surface area (Å²) in [7, 11) is 1.39. The van der Waals surface area contributed by atoms with E-state index in [2.05, 4.69) is 21.2 Å². The second kappa shape index (κ2) is 10.9. The Kier molecular flexibility index (Phi) is 7.85. The van der Waals surface area contributed by atoms with Crippen LogP contribution in [0.3, 0.4) is 0 Å². The fourth-order valence-electron chi connectivity index (χ4n) is 3.79. The minimum absolute atomic E-state index is 0.0802. The third-order valence-corrected chi connectivity index (χ3v) is 7.10. The van der Waals surface area contributed by atoms with Crippen molar-refractivity contribution in [1.82, 2.24) is 20.0 Å². The molecule has 3 aromatic rings. The molecule has 0 amide bonds. The number of aliphatic hydroxyl groups excluding tert-OH is 2. The summed E-state index contributed by atoms with van der Waals surface area (Å²) < 4.78 is 40.7. The van der Waals surface area contributed by atoms with Crippen LogP contribution in [0.2, 0.25) is 5.02 Å². The van der Waals surface area contributed by atoms with E-state index in [-0.39, 0.29) is 17.0 Å². The van der Waals surface area contributed by atoms with Crippen LogP contribution in [-0.4, -0.2) is 67.7 Å². The van der Waals surface area contributed by atoms with Crippen molar-refractivity contribution in [1.29, 1.82) is 5.26 Å². The Balaban J connectivity index is 1.70. The summed E-state index contributed by atoms with van der Waals surface area (Å²) in [5.74, 6) is 0.525. The lowest BCUT2D eigenvalue weighted by Crippen LogP contribution is -2.55. The maximum absolute atomic E-state index is 14.0. The molecular weight excluding hydrogens is 516 g/mol. The molecule has 0 aliphatic carbocycles. The highest BCUT2D eigenvalue weighted by atomic mass is 35.5. The second-order valence-electron chi connectivity index (χ2n) is 7.69. The number of aromatic nitrogens is 4. The third-order valence-electron chi connectivity index (χ3n) is 5.56. The standard InChI is InChI=1S/C23H18ClF2N5O4S/c1-3-11-4-18(15(7-27)28-8-11)36-23-22(34-2)20(21(33)17(10-32)35-23)31-9-16(29-30-31)12-5-13(25)19(24)14(26)6-12/h1,4-6,8-9,17,20-23,32-33H,10H2,2H3/t17?,20?,21-,22?,23+/m0/s1. The van der Waals surface area contributed by atoms with Gasteiger partial charge in [0.05, 0.1) is 12.8 Å². The van der Waals surface area contributed by atoms with Crippen molar-refractivity contribution in [3.05, 3.63) is 58.5 Å². The van der Waals surface area contributed by atoms with Crippen molar-refractivity contribution in [3.8, 4) is 29.7 Å². The number of nitrogens with zero attached hydrogens (tertiary/aromatic N) is 5. The Hall–Kier alpha value is -3.10. The molecule has 2 N–H and O–H groups in total. The molecule has 0 radical (unpaired) electrons. The summed E-state index contributed by atoms with van der Waals surface area (Å²) in [6, 6.07) is 4.67. The number of thioether (sulfide) groups is 1. The van der Waals surface area contributed by atoms with E-state index in [4.69, 9.17) is 27.5 Å². The highest BCUT2D eigenvalue weighted by Crippen LogP contribution is 2.40. The maximum Gasteiger partial charge on any atom is 0.154 e. The molecule has 13 heteroatoms. The Morgan fingerprint density at radius 1 is 1.33 bits per heavy atom. The molecule has 1 fully saturated rings. The van der Waals surface area contributed by atoms with E-state index in [1.54, 1.807) is 6.07 Å². The molecular formula is C23H18ClF2N5O4S. The van der Waals surface area contributed by atoms with Crippen LogP contribution < -0.4 is 0 Å². The van der Waals surface area contributed by atoms with E-state index in [0.29, 0.717) is 10.5 Å². The molecule has 1 aliphatic rings. The zero-order valence-corrected chi connectivity index (χ0v) is 20.1. The topological polar surface area (TPSA) is 126 Å². The molecule has 36 heavy (non-hydrogen) atoms. The van der Waals surface area contributed by atoms with Gasteiger partial charge in [0.2, 0.25) is 0 Å². The smallest absolute Gasteiger partial charge is 0.154 e. The number of pyridine rings is 1. The highest BCUT2D eigenvalue weighted by Gasteiger charge is 2.47. The molecule has 1 aromatic carbocycles. The quantitative estimate of drug-likeness (QED) is 0.363. The summed E-state index contributed by atoms with van der Waals surface area (Å²) in [6.45, 7) is -0.534. The van der Waals surface area contributed by atoms with Gasteiger partial charge in [0.25, 0.3) is 0 Å². The monoisotopic (exact) mass is 533 g/mol. The van der Waals surface area contributed by atoms with Crippen molar-refractivity contribution in [2.75, 3.05) is 13.7 Å². The molecule has 2 aromatic heterocycles. The van der Waals surface area contributed by atoms with E-state index >= 15 is 0 Å². The normalized spacial score (nSPS) is 23.7. The lowest BCUT2D eigenvalue weighted by molar-refractivity contribution is -0.186. The molecule has 1 aliphatic heterocycles. The Bertz CT molecular complexity index is 1340. The van der Waals surface area contributed by atoms with Crippen LogP contribution in [0.25, 0.3) is 11.3 Å². The number of aliphatic hydroxyl groups is 2. The van der Waals surface area contributed by atoms with Gasteiger partial charge in [-0.3, -0.25) is 0 Å². The van der Waals surface area contributed by atoms with Crippen LogP contribution >= 0.6 is 23.4 Å². The number of rotatable bonds is 6. The van der Waals surface area contributed by atoms with Gasteiger partial charge in [-0.2, -0.15) is 5.26 Å². The molecule has 5 atom stereocenters. The molecule has 1 saturated heterocycles. The maximum atomic E-state index is 14.0. The number of hydrogen-bond acceptors (Lipinski definition) is 9. The van der Waals surface area contributed by atoms with Gasteiger partial charge in [0, 0.05) is 29.3 Å². The number of nitriles is 1. The zero-order valence-electron chi connectivity index (χ0n) is 18.5. The van der Waals surface area contributed by atoms with Crippen LogP contribution in [0, 0.1) is 35.3 Å². The van der Waals surface area contributed by atoms with Gasteiger partial charge in [-0.25, -0.2) is 18.4 Å². The molecule has 0 bridgehead atoms. The van der Waals surface area contributed by atoms with Gasteiger partial charge >= 0.3 is 0 Å². The summed E-state index contributed by atoms with van der Waals surface area (Å²) in [5, 5.41) is 37.6. The van der Waals surface area contributed by atoms with Gasteiger partial charge in [-0.15, -0.1) is 11.5 Å². The van der Waals surface area contributed by atoms with E-state index in [9.17, 15) is 24.3 Å². The van der Waals surface area contributed by atoms with Gasteiger partial charge in [-0.1, -0.05) is 34.5 Å². The first-order chi connectivity index (χ1) is 17.3. The third kappa shape index (κ3) is 4.92. The molecule has 4 rings (SSSR count). The predicted octanol–water partition coefficient (Wildman–Crippen LogP) is 2.55. The van der Waals surface area contributed by atoms with Crippen LogP contribution in [0.5, 0.6) is 0 Å². The average Bonchev–Trinajstić information content (AvgIpc) is 3.37. The first-order valence-corrected chi connectivity index (χ1v) is 11.6. The summed E-state index contributed by atoms with van der Waals surface area (Å²) in [5.41, 5.74) is -0.104. The van der Waals surface area contributed by atoms with Crippen molar-refractivity contribution in [3.63, 3.8) is 0 Å². The summed E-state index contributed by atoms with van der Waals surface area (Å²) >= 11 is 6.64. The summed E-state index contributed by atoms with van der Waals surface area (Å²) in [6.07, 6.45) is 5.01. The van der Waals surface area contributed by atoms with E-state index in [1.807, 2.05) is 6.07 Å². The predicted molar refractivity (Wildman–Crippen MR) is 125 cm³/mol. The van der Waals surface area contributed by atoms with Crippen molar-refractivity contribution >= 4 is 23.4 Å². The van der Waals surface area contributed by atoms with Crippen molar-refractivity contribution in [2.45, 2.75) is 34.7 Å². The zero-order chi connectivity index (χ0) is 26.0. The molecule has 3 unspecified atom stereocenters. The molecule has 9 nitrogen and oxygen atoms in total. The van der Waals surface area contributed by atoms with Gasteiger partial charge < -0.3 is 19.7 Å². The van der Waals surface area contributed by atoms with Crippen molar-refractivity contribution in [2.24, 2.45) is 0 Å². The number of methoxy groups -OCH3 is 1. The van der Waals surface area contributed by atoms with E-state index in [0.717, 1.165) is 23.9 Å². The van der Waals surface area contributed by atoms with E-state index in [1.165, 1.54) is 24.2 Å². The van der Waals surface area contributed by atoms with Crippen LogP contribution in [0.1, 0.15) is 17.3 Å². The largest absolute Gasteiger partial charge is 0.394 e. The minimum atomic E-state index is -1.30. The minimum Gasteiger partial charge on any atom is -0.394 e. The molecule has 186 valence electrons. The summed E-state index contributed by atoms with van der Waals surface area (Å²) in [4.78, 5) is 4.47. The Morgan fingerprint density at radius 3 is 2.67 bits per heavy atom. The number of benzene rings is 1. The molecule has 0 saturated carbocycles. The number of hydrogen-bond donors (Lipinski definition) is 2. The van der Waals surface area contributed by atoms with E-state index < -0.39 is 53.1 Å². The Morgan fingerprint density at radius 2 is 2.06 bits per heavy atom. The lowest BCUT2D eigenvalue weighted by atomic mass is 9.97. The molecule has 3 heterocycles. The van der Waals surface area contributed by atoms with Crippen molar-refractivity contribution < 1.29 is 28.5 Å². The lowest BCUT2D eigenvalue weighted by Gasteiger charge is -2.43. The Labute approximate surface area is 213 Å². The molecule has 0 spiro atoms. The first kappa shape index (κ1) is 26.0. The number of halogens is 3. The SMILES string of the molecule is C#Cc1cnc(C#N)c(S[C@H]2OC(CO)[C@H](O)C(n3cc(-c4cc(F)c(Cl)c(F)c4)nn3)C2OC)c1. The average molecular weight is 534 g/mol.